The van der Waals surface area contributed by atoms with Gasteiger partial charge in [-0.15, -0.1) is 0 Å². The summed E-state index contributed by atoms with van der Waals surface area (Å²) in [5.41, 5.74) is 0. The summed E-state index contributed by atoms with van der Waals surface area (Å²) >= 11 is 0. The fourth-order valence-electron chi connectivity index (χ4n) is 1.12. The van der Waals surface area contributed by atoms with Gasteiger partial charge in [-0.3, -0.25) is 27.1 Å². The third kappa shape index (κ3) is 3.35. The van der Waals surface area contributed by atoms with Crippen molar-refractivity contribution >= 4 is 15.6 Å². The Hall–Kier alpha value is 0.220. The van der Waals surface area contributed by atoms with E-state index in [9.17, 15) is 9.13 Å². The molecule has 0 unspecified atom stereocenters. The van der Waals surface area contributed by atoms with Gasteiger partial charge >= 0.3 is 15.6 Å². The van der Waals surface area contributed by atoms with Gasteiger partial charge in [-0.05, 0) is 0 Å². The van der Waals surface area contributed by atoms with Crippen molar-refractivity contribution in [3.05, 3.63) is 0 Å². The second-order valence-electron chi connectivity index (χ2n) is 2.89. The van der Waals surface area contributed by atoms with E-state index in [1.807, 2.05) is 0 Å². The predicted molar refractivity (Wildman–Crippen MR) is 50.9 cm³/mol. The molecular formula is C6H12O8P2. The first-order valence-corrected chi connectivity index (χ1v) is 7.61. The zero-order valence-corrected chi connectivity index (χ0v) is 10.2. The molecule has 0 aromatic rings. The summed E-state index contributed by atoms with van der Waals surface area (Å²) in [4.78, 5) is 0. The van der Waals surface area contributed by atoms with Gasteiger partial charge < -0.3 is 0 Å². The summed E-state index contributed by atoms with van der Waals surface area (Å²) in [6.45, 7) is 0.805. The molecule has 2 fully saturated rings. The van der Waals surface area contributed by atoms with Crippen LogP contribution in [0, 0.1) is 0 Å². The van der Waals surface area contributed by atoms with Crippen LogP contribution in [-0.2, 0) is 36.3 Å². The van der Waals surface area contributed by atoms with E-state index in [1.54, 1.807) is 0 Å². The summed E-state index contributed by atoms with van der Waals surface area (Å²) in [6, 6.07) is 0. The second kappa shape index (κ2) is 5.25. The number of phosphoric acid groups is 2. The van der Waals surface area contributed by atoms with Crippen molar-refractivity contribution in [3.8, 4) is 0 Å². The third-order valence-electron chi connectivity index (χ3n) is 1.75. The highest BCUT2D eigenvalue weighted by Crippen LogP contribution is 2.54. The molecule has 0 N–H and O–H groups in total. The molecule has 2 heterocycles. The van der Waals surface area contributed by atoms with Gasteiger partial charge in [0.1, 0.15) is 0 Å². The smallest absolute Gasteiger partial charge is 0.284 e. The minimum absolute atomic E-state index is 0.0754. The minimum atomic E-state index is -3.40. The predicted octanol–water partition coefficient (Wildman–Crippen LogP) is 1.33. The third-order valence-corrected chi connectivity index (χ3v) is 4.74. The molecular weight excluding hydrogens is 262 g/mol. The Morgan fingerprint density at radius 1 is 0.750 bits per heavy atom. The fraction of sp³-hybridized carbons (Fsp3) is 1.00. The maximum Gasteiger partial charge on any atom is 0.475 e. The maximum absolute atomic E-state index is 11.4. The molecule has 10 heteroatoms. The van der Waals surface area contributed by atoms with Crippen molar-refractivity contribution in [3.63, 3.8) is 0 Å². The molecule has 2 saturated heterocycles. The van der Waals surface area contributed by atoms with Gasteiger partial charge in [0.15, 0.2) is 0 Å². The van der Waals surface area contributed by atoms with Crippen LogP contribution in [0.5, 0.6) is 0 Å². The molecule has 2 aliphatic heterocycles. The van der Waals surface area contributed by atoms with Gasteiger partial charge in [-0.1, -0.05) is 0 Å². The molecule has 0 saturated carbocycles. The molecule has 16 heavy (non-hydrogen) atoms. The second-order valence-corrected chi connectivity index (χ2v) is 6.23. The van der Waals surface area contributed by atoms with Gasteiger partial charge in [-0.25, -0.2) is 9.13 Å². The van der Waals surface area contributed by atoms with Gasteiger partial charge in [0, 0.05) is 0 Å². The average Bonchev–Trinajstić information content (AvgIpc) is 2.84. The van der Waals surface area contributed by atoms with E-state index in [-0.39, 0.29) is 39.6 Å². The molecule has 8 nitrogen and oxygen atoms in total. The topological polar surface area (TPSA) is 89.5 Å². The van der Waals surface area contributed by atoms with Crippen molar-refractivity contribution in [2.24, 2.45) is 0 Å². The van der Waals surface area contributed by atoms with Crippen LogP contribution >= 0.6 is 15.6 Å². The summed E-state index contributed by atoms with van der Waals surface area (Å²) in [5.74, 6) is 0. The lowest BCUT2D eigenvalue weighted by Crippen LogP contribution is -2.02. The lowest BCUT2D eigenvalue weighted by Gasteiger charge is -2.11. The minimum Gasteiger partial charge on any atom is -0.284 e. The Kier molecular flexibility index (Phi) is 4.15. The summed E-state index contributed by atoms with van der Waals surface area (Å²) in [6.07, 6.45) is 0. The van der Waals surface area contributed by atoms with Crippen LogP contribution in [-0.4, -0.2) is 39.6 Å². The summed E-state index contributed by atoms with van der Waals surface area (Å²) < 4.78 is 51.6. The van der Waals surface area contributed by atoms with Crippen LogP contribution in [0.3, 0.4) is 0 Å². The highest BCUT2D eigenvalue weighted by molar-refractivity contribution is 7.49. The van der Waals surface area contributed by atoms with Crippen molar-refractivity contribution in [1.29, 1.82) is 0 Å². The zero-order valence-electron chi connectivity index (χ0n) is 8.40. The largest absolute Gasteiger partial charge is 0.475 e. The SMILES string of the molecule is O=P1(OCCOP2(=O)OCCO2)OCCO1. The molecule has 0 radical (unpaired) electrons. The van der Waals surface area contributed by atoms with Crippen LogP contribution < -0.4 is 0 Å². The maximum atomic E-state index is 11.4. The molecule has 0 spiro atoms. The highest BCUT2D eigenvalue weighted by atomic mass is 31.2. The number of hydrogen-bond acceptors (Lipinski definition) is 8. The number of rotatable bonds is 5. The van der Waals surface area contributed by atoms with Crippen LogP contribution in [0.25, 0.3) is 0 Å². The van der Waals surface area contributed by atoms with E-state index in [0.29, 0.717) is 0 Å². The molecule has 2 aliphatic rings. The van der Waals surface area contributed by atoms with Crippen molar-refractivity contribution in [1.82, 2.24) is 0 Å². The molecule has 0 bridgehead atoms. The van der Waals surface area contributed by atoms with Crippen LogP contribution in [0.4, 0.5) is 0 Å². The number of phosphoric ester groups is 2. The highest BCUT2D eigenvalue weighted by Gasteiger charge is 2.34. The van der Waals surface area contributed by atoms with Gasteiger partial charge in [0.2, 0.25) is 0 Å². The van der Waals surface area contributed by atoms with Crippen LogP contribution in [0.1, 0.15) is 0 Å². The van der Waals surface area contributed by atoms with Crippen LogP contribution in [0.2, 0.25) is 0 Å². The van der Waals surface area contributed by atoms with E-state index >= 15 is 0 Å². The first-order valence-electron chi connectivity index (χ1n) is 4.69. The summed E-state index contributed by atoms with van der Waals surface area (Å²) in [5, 5.41) is 0. The van der Waals surface area contributed by atoms with Crippen LogP contribution in [0.15, 0.2) is 0 Å². The first-order chi connectivity index (χ1) is 7.62. The molecule has 0 aromatic heterocycles. The lowest BCUT2D eigenvalue weighted by molar-refractivity contribution is 0.130. The summed E-state index contributed by atoms with van der Waals surface area (Å²) in [7, 11) is -6.81. The number of hydrogen-bond donors (Lipinski definition) is 0. The normalized spacial score (nSPS) is 27.2. The standard InChI is InChI=1S/C6H12O8P2/c7-15(9-1-2-10-15)13-5-6-14-16(8)11-3-4-12-16/h1-6H2. The Balaban J connectivity index is 1.65. The van der Waals surface area contributed by atoms with Crippen molar-refractivity contribution in [2.75, 3.05) is 39.6 Å². The molecule has 94 valence electrons. The van der Waals surface area contributed by atoms with Gasteiger partial charge in [0.25, 0.3) is 0 Å². The van der Waals surface area contributed by atoms with E-state index in [2.05, 4.69) is 0 Å². The average molecular weight is 274 g/mol. The molecule has 0 atom stereocenters. The quantitative estimate of drug-likeness (QED) is 0.547. The zero-order chi connectivity index (χ0) is 11.5. The lowest BCUT2D eigenvalue weighted by atomic mass is 10.8. The first kappa shape index (κ1) is 12.7. The Morgan fingerprint density at radius 3 is 1.38 bits per heavy atom. The van der Waals surface area contributed by atoms with E-state index in [0.717, 1.165) is 0 Å². The molecule has 0 aromatic carbocycles. The van der Waals surface area contributed by atoms with E-state index < -0.39 is 15.6 Å². The van der Waals surface area contributed by atoms with Crippen molar-refractivity contribution < 1.29 is 36.3 Å². The Bertz CT molecular complexity index is 278. The Morgan fingerprint density at radius 2 is 1.06 bits per heavy atom. The van der Waals surface area contributed by atoms with E-state index in [1.165, 1.54) is 0 Å². The fourth-order valence-corrected chi connectivity index (χ4v) is 3.35. The molecule has 0 aliphatic carbocycles. The Labute approximate surface area is 92.3 Å². The van der Waals surface area contributed by atoms with Gasteiger partial charge in [0.05, 0.1) is 39.6 Å². The van der Waals surface area contributed by atoms with Gasteiger partial charge in [-0.2, -0.15) is 0 Å². The monoisotopic (exact) mass is 274 g/mol. The van der Waals surface area contributed by atoms with Crippen molar-refractivity contribution in [2.45, 2.75) is 0 Å². The van der Waals surface area contributed by atoms with E-state index in [4.69, 9.17) is 27.1 Å². The molecule has 0 amide bonds. The molecule has 2 rings (SSSR count).